The van der Waals surface area contributed by atoms with E-state index in [1.165, 1.54) is 12.1 Å². The first-order valence-electron chi connectivity index (χ1n) is 5.38. The minimum absolute atomic E-state index is 0.0253. The Morgan fingerprint density at radius 1 is 1.35 bits per heavy atom. The van der Waals surface area contributed by atoms with Crippen molar-refractivity contribution in [1.82, 2.24) is 9.97 Å². The van der Waals surface area contributed by atoms with E-state index in [-0.39, 0.29) is 17.1 Å². The molecule has 1 aromatic carbocycles. The molecule has 0 aliphatic carbocycles. The molecule has 0 radical (unpaired) electrons. The first-order valence-corrected chi connectivity index (χ1v) is 6.63. The average molecular weight is 295 g/mol. The Labute approximate surface area is 115 Å². The minimum Gasteiger partial charge on any atom is -0.772 e. The van der Waals surface area contributed by atoms with Gasteiger partial charge in [-0.15, -0.1) is 0 Å². The maximum Gasteiger partial charge on any atom is 0.339 e. The van der Waals surface area contributed by atoms with E-state index in [0.29, 0.717) is 5.56 Å². The fourth-order valence-electron chi connectivity index (χ4n) is 1.58. The van der Waals surface area contributed by atoms with Crippen LogP contribution in [0.4, 0.5) is 4.39 Å². The lowest BCUT2D eigenvalue weighted by Gasteiger charge is -2.09. The van der Waals surface area contributed by atoms with E-state index in [2.05, 4.69) is 9.97 Å². The van der Waals surface area contributed by atoms with Gasteiger partial charge in [0.15, 0.2) is 0 Å². The lowest BCUT2D eigenvalue weighted by molar-refractivity contribution is 0.0697. The summed E-state index contributed by atoms with van der Waals surface area (Å²) >= 11 is -2.38. The Balaban J connectivity index is 2.54. The fraction of sp³-hybridized carbons (Fsp3) is 0.0833. The van der Waals surface area contributed by atoms with Crippen LogP contribution in [0, 0.1) is 5.82 Å². The lowest BCUT2D eigenvalue weighted by Crippen LogP contribution is -2.08. The van der Waals surface area contributed by atoms with Gasteiger partial charge in [0.1, 0.15) is 17.2 Å². The molecule has 1 aromatic heterocycles. The van der Waals surface area contributed by atoms with Crippen molar-refractivity contribution in [3.63, 3.8) is 0 Å². The summed E-state index contributed by atoms with van der Waals surface area (Å²) in [6.07, 6.45) is 1.04. The van der Waals surface area contributed by atoms with E-state index in [4.69, 9.17) is 5.11 Å². The number of aromatic carboxylic acids is 1. The van der Waals surface area contributed by atoms with Crippen molar-refractivity contribution in [2.24, 2.45) is 0 Å². The number of halogens is 1. The molecule has 1 heterocycles. The first kappa shape index (κ1) is 14.2. The van der Waals surface area contributed by atoms with E-state index in [1.54, 1.807) is 0 Å². The van der Waals surface area contributed by atoms with Crippen LogP contribution in [0.2, 0.25) is 0 Å². The van der Waals surface area contributed by atoms with Crippen molar-refractivity contribution in [3.05, 3.63) is 47.7 Å². The van der Waals surface area contributed by atoms with Crippen LogP contribution in [0.15, 0.2) is 30.5 Å². The number of aromatic nitrogens is 2. The van der Waals surface area contributed by atoms with Crippen LogP contribution < -0.4 is 0 Å². The van der Waals surface area contributed by atoms with Gasteiger partial charge in [0.05, 0.1) is 11.4 Å². The van der Waals surface area contributed by atoms with E-state index in [1.807, 2.05) is 0 Å². The molecule has 0 saturated carbocycles. The second kappa shape index (κ2) is 5.85. The van der Waals surface area contributed by atoms with Crippen LogP contribution in [0.3, 0.4) is 0 Å². The van der Waals surface area contributed by atoms with Crippen LogP contribution in [0.1, 0.15) is 16.2 Å². The van der Waals surface area contributed by atoms with E-state index >= 15 is 0 Å². The Hall–Kier alpha value is -2.19. The topological polar surface area (TPSA) is 103 Å². The van der Waals surface area contributed by atoms with Crippen LogP contribution in [-0.2, 0) is 16.8 Å². The second-order valence-electron chi connectivity index (χ2n) is 3.81. The van der Waals surface area contributed by atoms with Gasteiger partial charge in [-0.1, -0.05) is 0 Å². The summed E-state index contributed by atoms with van der Waals surface area (Å²) < 4.78 is 34.2. The summed E-state index contributed by atoms with van der Waals surface area (Å²) in [4.78, 5) is 18.7. The third kappa shape index (κ3) is 3.22. The van der Waals surface area contributed by atoms with Gasteiger partial charge in [-0.05, 0) is 35.3 Å². The summed E-state index contributed by atoms with van der Waals surface area (Å²) in [5.74, 6) is -2.17. The van der Waals surface area contributed by atoms with Gasteiger partial charge < -0.3 is 9.66 Å². The highest BCUT2D eigenvalue weighted by Gasteiger charge is 2.15. The average Bonchev–Trinajstić information content (AvgIpc) is 2.38. The molecule has 6 nitrogen and oxygen atoms in total. The number of carboxylic acid groups (broad SMARTS) is 1. The highest BCUT2D eigenvalue weighted by atomic mass is 32.2. The number of benzene rings is 1. The highest BCUT2D eigenvalue weighted by molar-refractivity contribution is 7.78. The van der Waals surface area contributed by atoms with Gasteiger partial charge in [-0.3, -0.25) is 4.21 Å². The zero-order chi connectivity index (χ0) is 14.7. The van der Waals surface area contributed by atoms with Gasteiger partial charge in [-0.2, -0.15) is 0 Å². The number of carbonyl (C=O) groups is 1. The van der Waals surface area contributed by atoms with Crippen molar-refractivity contribution in [3.8, 4) is 11.3 Å². The number of nitrogens with zero attached hydrogens (tertiary/aromatic N) is 2. The predicted molar refractivity (Wildman–Crippen MR) is 67.0 cm³/mol. The number of hydrogen-bond acceptors (Lipinski definition) is 5. The minimum atomic E-state index is -2.38. The molecule has 2 rings (SSSR count). The standard InChI is InChI=1S/C12H9FN2O4S/c13-8-3-1-7(2-4-8)11-9(12(16)17)5-14-10(15-11)6-20(18)19/h1-5H,6H2,(H,16,17)(H,18,19)/p-1. The van der Waals surface area contributed by atoms with Crippen LogP contribution in [0.25, 0.3) is 11.3 Å². The molecular weight excluding hydrogens is 287 g/mol. The molecule has 0 aliphatic rings. The maximum atomic E-state index is 12.9. The summed E-state index contributed by atoms with van der Waals surface area (Å²) in [6.45, 7) is 0. The molecule has 0 saturated heterocycles. The molecule has 1 atom stereocenters. The third-order valence-corrected chi connectivity index (χ3v) is 2.93. The molecule has 2 aromatic rings. The Kier molecular flexibility index (Phi) is 4.16. The van der Waals surface area contributed by atoms with Gasteiger partial charge in [0.25, 0.3) is 0 Å². The van der Waals surface area contributed by atoms with Crippen LogP contribution in [0.5, 0.6) is 0 Å². The molecule has 0 spiro atoms. The summed E-state index contributed by atoms with van der Waals surface area (Å²) in [6, 6.07) is 5.05. The third-order valence-electron chi connectivity index (χ3n) is 2.43. The molecule has 0 aliphatic heterocycles. The van der Waals surface area contributed by atoms with Crippen molar-refractivity contribution in [2.45, 2.75) is 5.75 Å². The van der Waals surface area contributed by atoms with Gasteiger partial charge in [0, 0.05) is 11.8 Å². The lowest BCUT2D eigenvalue weighted by atomic mass is 10.1. The smallest absolute Gasteiger partial charge is 0.339 e. The summed E-state index contributed by atoms with van der Waals surface area (Å²) in [5.41, 5.74) is 0.231. The van der Waals surface area contributed by atoms with Crippen LogP contribution in [-0.4, -0.2) is 29.8 Å². The summed E-state index contributed by atoms with van der Waals surface area (Å²) in [5, 5.41) is 9.08. The molecule has 0 amide bonds. The quantitative estimate of drug-likeness (QED) is 0.854. The van der Waals surface area contributed by atoms with Crippen molar-refractivity contribution < 1.29 is 23.1 Å². The largest absolute Gasteiger partial charge is 0.772 e. The molecule has 20 heavy (non-hydrogen) atoms. The van der Waals surface area contributed by atoms with E-state index < -0.39 is 28.6 Å². The second-order valence-corrected chi connectivity index (χ2v) is 4.70. The SMILES string of the molecule is O=C(O)c1cnc(CS(=O)[O-])nc1-c1ccc(F)cc1. The van der Waals surface area contributed by atoms with Gasteiger partial charge in [0.2, 0.25) is 0 Å². The van der Waals surface area contributed by atoms with E-state index in [9.17, 15) is 17.9 Å². The zero-order valence-corrected chi connectivity index (χ0v) is 10.8. The van der Waals surface area contributed by atoms with Crippen LogP contribution >= 0.6 is 0 Å². The van der Waals surface area contributed by atoms with Gasteiger partial charge in [-0.25, -0.2) is 19.2 Å². The monoisotopic (exact) mass is 295 g/mol. The van der Waals surface area contributed by atoms with Crippen molar-refractivity contribution in [2.75, 3.05) is 0 Å². The molecule has 1 N–H and O–H groups in total. The number of carboxylic acids is 1. The molecule has 8 heteroatoms. The molecule has 104 valence electrons. The normalized spacial score (nSPS) is 12.1. The molecule has 0 bridgehead atoms. The molecule has 1 unspecified atom stereocenters. The zero-order valence-electron chi connectivity index (χ0n) is 9.95. The Morgan fingerprint density at radius 3 is 2.55 bits per heavy atom. The fourth-order valence-corrected chi connectivity index (χ4v) is 1.93. The molecular formula is C12H8FN2O4S-. The first-order chi connectivity index (χ1) is 9.47. The number of rotatable bonds is 4. The van der Waals surface area contributed by atoms with Crippen molar-refractivity contribution >= 4 is 17.0 Å². The maximum absolute atomic E-state index is 12.9. The summed E-state index contributed by atoms with van der Waals surface area (Å²) in [7, 11) is 0. The van der Waals surface area contributed by atoms with E-state index in [0.717, 1.165) is 18.3 Å². The Morgan fingerprint density at radius 2 is 2.00 bits per heavy atom. The molecule has 0 fully saturated rings. The Bertz CT molecular complexity index is 676. The number of hydrogen-bond donors (Lipinski definition) is 1. The highest BCUT2D eigenvalue weighted by Crippen LogP contribution is 2.22. The predicted octanol–water partition coefficient (Wildman–Crippen LogP) is 1.36. The van der Waals surface area contributed by atoms with Gasteiger partial charge >= 0.3 is 5.97 Å². The van der Waals surface area contributed by atoms with Crippen molar-refractivity contribution in [1.29, 1.82) is 0 Å².